The first-order chi connectivity index (χ1) is 6.66. The molecule has 0 aromatic carbocycles. The average Bonchev–Trinajstić information content (AvgIpc) is 2.62. The van der Waals surface area contributed by atoms with Gasteiger partial charge >= 0.3 is 5.97 Å². The van der Waals surface area contributed by atoms with Crippen LogP contribution < -0.4 is 5.32 Å². The predicted molar refractivity (Wildman–Crippen MR) is 48.6 cm³/mol. The van der Waals surface area contributed by atoms with E-state index in [-0.39, 0.29) is 19.1 Å². The minimum atomic E-state index is -0.897. The van der Waals surface area contributed by atoms with Gasteiger partial charge in [-0.15, -0.1) is 0 Å². The molecular weight excluding hydrogens is 186 g/mol. The van der Waals surface area contributed by atoms with Crippen LogP contribution in [0.4, 0.5) is 0 Å². The van der Waals surface area contributed by atoms with Gasteiger partial charge in [-0.05, 0) is 12.8 Å². The number of rotatable bonds is 4. The molecule has 0 aromatic rings. The van der Waals surface area contributed by atoms with E-state index in [0.717, 1.165) is 6.42 Å². The summed E-state index contributed by atoms with van der Waals surface area (Å²) in [6, 6.07) is 0. The van der Waals surface area contributed by atoms with Crippen molar-refractivity contribution in [3.8, 4) is 0 Å². The number of hydrogen-bond donors (Lipinski definition) is 3. The van der Waals surface area contributed by atoms with Crippen LogP contribution in [0, 0.1) is 11.8 Å². The molecule has 80 valence electrons. The monoisotopic (exact) mass is 201 g/mol. The van der Waals surface area contributed by atoms with Crippen molar-refractivity contribution < 1.29 is 19.8 Å². The van der Waals surface area contributed by atoms with E-state index in [0.29, 0.717) is 12.8 Å². The summed E-state index contributed by atoms with van der Waals surface area (Å²) in [7, 11) is 0. The summed E-state index contributed by atoms with van der Waals surface area (Å²) in [6.45, 7) is 0.0812. The Balaban J connectivity index is 2.49. The highest BCUT2D eigenvalue weighted by atomic mass is 16.4. The van der Waals surface area contributed by atoms with Crippen LogP contribution in [0.15, 0.2) is 0 Å². The highest BCUT2D eigenvalue weighted by molar-refractivity contribution is 5.85. The van der Waals surface area contributed by atoms with Gasteiger partial charge in [-0.3, -0.25) is 9.59 Å². The number of aliphatic carboxylic acids is 1. The number of aliphatic hydroxyl groups is 1. The van der Waals surface area contributed by atoms with Gasteiger partial charge in [0.1, 0.15) is 0 Å². The first-order valence-electron chi connectivity index (χ1n) is 4.78. The summed E-state index contributed by atoms with van der Waals surface area (Å²) in [6.07, 6.45) is 1.99. The number of hydrogen-bond acceptors (Lipinski definition) is 3. The molecule has 0 aromatic heterocycles. The smallest absolute Gasteiger partial charge is 0.307 e. The molecule has 0 bridgehead atoms. The molecule has 3 N–H and O–H groups in total. The fraction of sp³-hybridized carbons (Fsp3) is 0.778. The van der Waals surface area contributed by atoms with Crippen LogP contribution >= 0.6 is 0 Å². The van der Waals surface area contributed by atoms with Crippen LogP contribution in [0.3, 0.4) is 0 Å². The fourth-order valence-electron chi connectivity index (χ4n) is 1.88. The fourth-order valence-corrected chi connectivity index (χ4v) is 1.88. The van der Waals surface area contributed by atoms with Crippen molar-refractivity contribution in [2.24, 2.45) is 11.8 Å². The van der Waals surface area contributed by atoms with Crippen molar-refractivity contribution in [2.75, 3.05) is 13.2 Å². The molecule has 1 amide bonds. The predicted octanol–water partition coefficient (Wildman–Crippen LogP) is -0.404. The number of aliphatic hydroxyl groups excluding tert-OH is 1. The standard InChI is InChI=1S/C9H15NO4/c11-5-4-10-8(12)6-2-1-3-7(6)9(13)14/h6-7,11H,1-5H2,(H,10,12)(H,13,14)/t6-,7+/m1/s1. The highest BCUT2D eigenvalue weighted by Crippen LogP contribution is 2.31. The zero-order valence-corrected chi connectivity index (χ0v) is 7.90. The molecule has 1 aliphatic rings. The van der Waals surface area contributed by atoms with Crippen LogP contribution in [0.2, 0.25) is 0 Å². The van der Waals surface area contributed by atoms with Crippen molar-refractivity contribution in [3.63, 3.8) is 0 Å². The normalized spacial score (nSPS) is 26.1. The molecule has 2 atom stereocenters. The molecule has 0 heterocycles. The molecule has 14 heavy (non-hydrogen) atoms. The Bertz CT molecular complexity index is 229. The summed E-state index contributed by atoms with van der Waals surface area (Å²) >= 11 is 0. The van der Waals surface area contributed by atoms with Gasteiger partial charge in [0, 0.05) is 6.54 Å². The van der Waals surface area contributed by atoms with E-state index < -0.39 is 17.8 Å². The van der Waals surface area contributed by atoms with Gasteiger partial charge < -0.3 is 15.5 Å². The van der Waals surface area contributed by atoms with Crippen LogP contribution in [-0.4, -0.2) is 35.2 Å². The second-order valence-corrected chi connectivity index (χ2v) is 3.50. The minimum absolute atomic E-state index is 0.115. The minimum Gasteiger partial charge on any atom is -0.481 e. The third kappa shape index (κ3) is 2.45. The number of carbonyl (C=O) groups is 2. The molecule has 1 aliphatic carbocycles. The van der Waals surface area contributed by atoms with Crippen molar-refractivity contribution in [1.29, 1.82) is 0 Å². The first kappa shape index (κ1) is 11.0. The van der Waals surface area contributed by atoms with Gasteiger partial charge in [-0.25, -0.2) is 0 Å². The van der Waals surface area contributed by atoms with Crippen LogP contribution in [0.25, 0.3) is 0 Å². The van der Waals surface area contributed by atoms with E-state index in [1.807, 2.05) is 0 Å². The maximum absolute atomic E-state index is 11.4. The zero-order chi connectivity index (χ0) is 10.6. The molecule has 5 nitrogen and oxygen atoms in total. The lowest BCUT2D eigenvalue weighted by Crippen LogP contribution is -2.36. The molecule has 0 radical (unpaired) electrons. The van der Waals surface area contributed by atoms with Crippen LogP contribution in [-0.2, 0) is 9.59 Å². The summed E-state index contributed by atoms with van der Waals surface area (Å²) < 4.78 is 0. The van der Waals surface area contributed by atoms with Crippen LogP contribution in [0.1, 0.15) is 19.3 Å². The average molecular weight is 201 g/mol. The second-order valence-electron chi connectivity index (χ2n) is 3.50. The SMILES string of the molecule is O=C(O)[C@H]1CCC[C@H]1C(=O)NCCO. The maximum Gasteiger partial charge on any atom is 0.307 e. The molecule has 0 spiro atoms. The van der Waals surface area contributed by atoms with Gasteiger partial charge in [0.05, 0.1) is 18.4 Å². The molecule has 1 rings (SSSR count). The molecule has 0 aliphatic heterocycles. The van der Waals surface area contributed by atoms with Gasteiger partial charge in [-0.2, -0.15) is 0 Å². The van der Waals surface area contributed by atoms with Gasteiger partial charge in [0.2, 0.25) is 5.91 Å². The van der Waals surface area contributed by atoms with E-state index in [4.69, 9.17) is 10.2 Å². The first-order valence-corrected chi connectivity index (χ1v) is 4.78. The largest absolute Gasteiger partial charge is 0.481 e. The van der Waals surface area contributed by atoms with E-state index in [9.17, 15) is 9.59 Å². The van der Waals surface area contributed by atoms with Gasteiger partial charge in [0.15, 0.2) is 0 Å². The Morgan fingerprint density at radius 2 is 1.93 bits per heavy atom. The lowest BCUT2D eigenvalue weighted by atomic mass is 9.95. The van der Waals surface area contributed by atoms with E-state index in [1.54, 1.807) is 0 Å². The molecule has 0 saturated heterocycles. The van der Waals surface area contributed by atoms with Gasteiger partial charge in [0.25, 0.3) is 0 Å². The van der Waals surface area contributed by atoms with E-state index in [2.05, 4.69) is 5.32 Å². The number of carboxylic acid groups (broad SMARTS) is 1. The number of nitrogens with one attached hydrogen (secondary N) is 1. The van der Waals surface area contributed by atoms with Crippen molar-refractivity contribution in [2.45, 2.75) is 19.3 Å². The third-order valence-corrected chi connectivity index (χ3v) is 2.58. The molecule has 0 unspecified atom stereocenters. The summed E-state index contributed by atoms with van der Waals surface area (Å²) in [5.41, 5.74) is 0. The molecular formula is C9H15NO4. The zero-order valence-electron chi connectivity index (χ0n) is 7.90. The maximum atomic E-state index is 11.4. The number of carboxylic acids is 1. The topological polar surface area (TPSA) is 86.6 Å². The van der Waals surface area contributed by atoms with E-state index in [1.165, 1.54) is 0 Å². The summed E-state index contributed by atoms with van der Waals surface area (Å²) in [4.78, 5) is 22.2. The Hall–Kier alpha value is -1.10. The van der Waals surface area contributed by atoms with Gasteiger partial charge in [-0.1, -0.05) is 6.42 Å². The molecule has 1 saturated carbocycles. The lowest BCUT2D eigenvalue weighted by Gasteiger charge is -2.14. The molecule has 1 fully saturated rings. The second kappa shape index (κ2) is 4.95. The Labute approximate surface area is 82.1 Å². The van der Waals surface area contributed by atoms with Crippen molar-refractivity contribution in [1.82, 2.24) is 5.32 Å². The number of amides is 1. The number of carbonyl (C=O) groups excluding carboxylic acids is 1. The van der Waals surface area contributed by atoms with Crippen molar-refractivity contribution in [3.05, 3.63) is 0 Å². The van der Waals surface area contributed by atoms with Crippen molar-refractivity contribution >= 4 is 11.9 Å². The lowest BCUT2D eigenvalue weighted by molar-refractivity contribution is -0.146. The van der Waals surface area contributed by atoms with Crippen LogP contribution in [0.5, 0.6) is 0 Å². The third-order valence-electron chi connectivity index (χ3n) is 2.58. The molecule has 5 heteroatoms. The Morgan fingerprint density at radius 1 is 1.29 bits per heavy atom. The highest BCUT2D eigenvalue weighted by Gasteiger charge is 2.37. The van der Waals surface area contributed by atoms with E-state index >= 15 is 0 Å². The quantitative estimate of drug-likeness (QED) is 0.577. The summed E-state index contributed by atoms with van der Waals surface area (Å²) in [5, 5.41) is 19.8. The Morgan fingerprint density at radius 3 is 2.50 bits per heavy atom. The summed E-state index contributed by atoms with van der Waals surface area (Å²) in [5.74, 6) is -2.11. The Kier molecular flexibility index (Phi) is 3.88.